The maximum absolute atomic E-state index is 5.84. The fraction of sp³-hybridized carbons (Fsp3) is 0.188. The van der Waals surface area contributed by atoms with Crippen LogP contribution < -0.4 is 5.73 Å². The minimum atomic E-state index is 0.632. The van der Waals surface area contributed by atoms with Crippen LogP contribution in [-0.2, 0) is 6.42 Å². The monoisotopic (exact) mass is 252 g/mol. The summed E-state index contributed by atoms with van der Waals surface area (Å²) in [6, 6.07) is 11.9. The molecule has 0 radical (unpaired) electrons. The van der Waals surface area contributed by atoms with Gasteiger partial charge in [0.1, 0.15) is 5.52 Å². The van der Waals surface area contributed by atoms with Crippen LogP contribution in [0.2, 0.25) is 0 Å². The summed E-state index contributed by atoms with van der Waals surface area (Å²) in [5, 5.41) is 0. The first-order chi connectivity index (χ1) is 9.17. The smallest absolute Gasteiger partial charge is 0.227 e. The van der Waals surface area contributed by atoms with Crippen molar-refractivity contribution in [2.45, 2.75) is 20.3 Å². The predicted octanol–water partition coefficient (Wildman–Crippen LogP) is 3.95. The molecule has 1 aromatic heterocycles. The third-order valence-corrected chi connectivity index (χ3v) is 3.35. The van der Waals surface area contributed by atoms with Crippen molar-refractivity contribution in [3.63, 3.8) is 0 Å². The summed E-state index contributed by atoms with van der Waals surface area (Å²) in [5.74, 6) is 0.632. The van der Waals surface area contributed by atoms with Gasteiger partial charge in [-0.1, -0.05) is 19.1 Å². The Kier molecular flexibility index (Phi) is 2.75. The second-order valence-electron chi connectivity index (χ2n) is 4.75. The summed E-state index contributed by atoms with van der Waals surface area (Å²) in [6.07, 6.45) is 0.995. The largest absolute Gasteiger partial charge is 0.436 e. The second-order valence-corrected chi connectivity index (χ2v) is 4.75. The van der Waals surface area contributed by atoms with E-state index in [1.807, 2.05) is 31.2 Å². The summed E-state index contributed by atoms with van der Waals surface area (Å²) in [6.45, 7) is 4.16. The molecule has 0 amide bonds. The van der Waals surface area contributed by atoms with Crippen molar-refractivity contribution in [3.05, 3.63) is 47.5 Å². The molecule has 0 saturated carbocycles. The van der Waals surface area contributed by atoms with Gasteiger partial charge in [0.2, 0.25) is 5.89 Å². The summed E-state index contributed by atoms with van der Waals surface area (Å²) >= 11 is 0. The van der Waals surface area contributed by atoms with Gasteiger partial charge in [0, 0.05) is 11.3 Å². The van der Waals surface area contributed by atoms with E-state index in [-0.39, 0.29) is 0 Å². The van der Waals surface area contributed by atoms with E-state index in [2.05, 4.69) is 24.0 Å². The van der Waals surface area contributed by atoms with Crippen molar-refractivity contribution >= 4 is 16.8 Å². The van der Waals surface area contributed by atoms with E-state index < -0.39 is 0 Å². The fourth-order valence-corrected chi connectivity index (χ4v) is 2.18. The summed E-state index contributed by atoms with van der Waals surface area (Å²) in [7, 11) is 0. The highest BCUT2D eigenvalue weighted by Gasteiger charge is 2.11. The van der Waals surface area contributed by atoms with E-state index in [9.17, 15) is 0 Å². The molecule has 0 spiro atoms. The first kappa shape index (κ1) is 11.8. The van der Waals surface area contributed by atoms with E-state index in [4.69, 9.17) is 10.2 Å². The Morgan fingerprint density at radius 2 is 2.00 bits per heavy atom. The molecule has 1 heterocycles. The SMILES string of the molecule is CCc1ccc2oc(-c3cc(N)ccc3C)nc2c1. The first-order valence-corrected chi connectivity index (χ1v) is 6.43. The number of oxazole rings is 1. The van der Waals surface area contributed by atoms with E-state index in [0.29, 0.717) is 5.89 Å². The minimum absolute atomic E-state index is 0.632. The Morgan fingerprint density at radius 3 is 2.79 bits per heavy atom. The van der Waals surface area contributed by atoms with Crippen molar-refractivity contribution in [1.82, 2.24) is 4.98 Å². The van der Waals surface area contributed by atoms with Gasteiger partial charge in [0.15, 0.2) is 5.58 Å². The number of aryl methyl sites for hydroxylation is 2. The van der Waals surface area contributed by atoms with Gasteiger partial charge < -0.3 is 10.2 Å². The molecule has 2 N–H and O–H groups in total. The van der Waals surface area contributed by atoms with Crippen LogP contribution in [0.25, 0.3) is 22.6 Å². The zero-order valence-electron chi connectivity index (χ0n) is 11.1. The third kappa shape index (κ3) is 2.08. The lowest BCUT2D eigenvalue weighted by Crippen LogP contribution is -1.88. The van der Waals surface area contributed by atoms with E-state index >= 15 is 0 Å². The molecule has 2 aromatic carbocycles. The van der Waals surface area contributed by atoms with Crippen LogP contribution in [0.1, 0.15) is 18.1 Å². The normalized spacial score (nSPS) is 11.1. The van der Waals surface area contributed by atoms with E-state index in [1.54, 1.807) is 0 Å². The van der Waals surface area contributed by atoms with Crippen molar-refractivity contribution in [2.75, 3.05) is 5.73 Å². The van der Waals surface area contributed by atoms with Crippen LogP contribution >= 0.6 is 0 Å². The quantitative estimate of drug-likeness (QED) is 0.702. The minimum Gasteiger partial charge on any atom is -0.436 e. The number of nitrogens with zero attached hydrogens (tertiary/aromatic N) is 1. The molecule has 3 heteroatoms. The molecule has 0 atom stereocenters. The van der Waals surface area contributed by atoms with Crippen LogP contribution in [0.15, 0.2) is 40.8 Å². The predicted molar refractivity (Wildman–Crippen MR) is 78.0 cm³/mol. The van der Waals surface area contributed by atoms with Crippen LogP contribution in [0.3, 0.4) is 0 Å². The molecule has 3 rings (SSSR count). The number of anilines is 1. The third-order valence-electron chi connectivity index (χ3n) is 3.35. The van der Waals surface area contributed by atoms with E-state index in [0.717, 1.165) is 34.3 Å². The number of nitrogen functional groups attached to an aromatic ring is 1. The number of hydrogen-bond donors (Lipinski definition) is 1. The van der Waals surface area contributed by atoms with Gasteiger partial charge in [-0.3, -0.25) is 0 Å². The van der Waals surface area contributed by atoms with Crippen LogP contribution in [0.5, 0.6) is 0 Å². The summed E-state index contributed by atoms with van der Waals surface area (Å²) in [5.41, 5.74) is 11.6. The fourth-order valence-electron chi connectivity index (χ4n) is 2.18. The Bertz CT molecular complexity index is 744. The second kappa shape index (κ2) is 4.43. The summed E-state index contributed by atoms with van der Waals surface area (Å²) < 4.78 is 5.82. The topological polar surface area (TPSA) is 52.0 Å². The van der Waals surface area contributed by atoms with Crippen molar-refractivity contribution < 1.29 is 4.42 Å². The molecule has 0 aliphatic rings. The van der Waals surface area contributed by atoms with Gasteiger partial charge in [0.05, 0.1) is 0 Å². The molecule has 3 aromatic rings. The van der Waals surface area contributed by atoms with Gasteiger partial charge in [-0.2, -0.15) is 0 Å². The molecule has 96 valence electrons. The van der Waals surface area contributed by atoms with Gasteiger partial charge in [-0.15, -0.1) is 0 Å². The van der Waals surface area contributed by atoms with Crippen LogP contribution in [0, 0.1) is 6.92 Å². The lowest BCUT2D eigenvalue weighted by atomic mass is 10.1. The van der Waals surface area contributed by atoms with Gasteiger partial charge in [-0.05, 0) is 48.7 Å². The molecule has 0 saturated heterocycles. The van der Waals surface area contributed by atoms with Crippen LogP contribution in [-0.4, -0.2) is 4.98 Å². The van der Waals surface area contributed by atoms with Crippen molar-refractivity contribution in [3.8, 4) is 11.5 Å². The Morgan fingerprint density at radius 1 is 1.16 bits per heavy atom. The zero-order valence-corrected chi connectivity index (χ0v) is 11.1. The molecular weight excluding hydrogens is 236 g/mol. The number of aromatic nitrogens is 1. The highest BCUT2D eigenvalue weighted by molar-refractivity contribution is 5.78. The highest BCUT2D eigenvalue weighted by atomic mass is 16.3. The lowest BCUT2D eigenvalue weighted by molar-refractivity contribution is 0.619. The maximum Gasteiger partial charge on any atom is 0.227 e. The van der Waals surface area contributed by atoms with Crippen molar-refractivity contribution in [1.29, 1.82) is 0 Å². The molecule has 0 fully saturated rings. The maximum atomic E-state index is 5.84. The molecule has 3 nitrogen and oxygen atoms in total. The molecule has 0 unspecified atom stereocenters. The Hall–Kier alpha value is -2.29. The first-order valence-electron chi connectivity index (χ1n) is 6.43. The molecule has 19 heavy (non-hydrogen) atoms. The number of nitrogens with two attached hydrogens (primary N) is 1. The molecule has 0 aliphatic carbocycles. The van der Waals surface area contributed by atoms with Crippen LogP contribution in [0.4, 0.5) is 5.69 Å². The summed E-state index contributed by atoms with van der Waals surface area (Å²) in [4.78, 5) is 4.57. The molecule has 0 bridgehead atoms. The number of benzene rings is 2. The average molecular weight is 252 g/mol. The Balaban J connectivity index is 2.17. The number of rotatable bonds is 2. The zero-order chi connectivity index (χ0) is 13.4. The molecule has 0 aliphatic heterocycles. The van der Waals surface area contributed by atoms with Gasteiger partial charge in [0.25, 0.3) is 0 Å². The van der Waals surface area contributed by atoms with Gasteiger partial charge >= 0.3 is 0 Å². The number of fused-ring (bicyclic) bond motifs is 1. The van der Waals surface area contributed by atoms with E-state index in [1.165, 1.54) is 5.56 Å². The van der Waals surface area contributed by atoms with Gasteiger partial charge in [-0.25, -0.2) is 4.98 Å². The lowest BCUT2D eigenvalue weighted by Gasteiger charge is -2.01. The average Bonchev–Trinajstić information content (AvgIpc) is 2.83. The van der Waals surface area contributed by atoms with Crippen molar-refractivity contribution in [2.24, 2.45) is 0 Å². The Labute approximate surface area is 112 Å². The molecular formula is C16H16N2O. The standard InChI is InChI=1S/C16H16N2O/c1-3-11-5-7-15-14(8-11)18-16(19-15)13-9-12(17)6-4-10(13)2/h4-9H,3,17H2,1-2H3. The number of hydrogen-bond acceptors (Lipinski definition) is 3. The highest BCUT2D eigenvalue weighted by Crippen LogP contribution is 2.28.